The first kappa shape index (κ1) is 23.7. The van der Waals surface area contributed by atoms with E-state index in [1.807, 2.05) is 6.07 Å². The molecule has 1 aliphatic rings. The van der Waals surface area contributed by atoms with Crippen LogP contribution >= 0.6 is 0 Å². The van der Waals surface area contributed by atoms with Crippen molar-refractivity contribution in [1.29, 1.82) is 5.26 Å². The van der Waals surface area contributed by atoms with Crippen LogP contribution in [0.2, 0.25) is 0 Å². The average molecular weight is 510 g/mol. The van der Waals surface area contributed by atoms with Gasteiger partial charge in [-0.05, 0) is 38.0 Å². The van der Waals surface area contributed by atoms with Crippen LogP contribution in [0.25, 0.3) is 10.9 Å². The lowest BCUT2D eigenvalue weighted by molar-refractivity contribution is 0.456. The number of aromatic nitrogens is 5. The van der Waals surface area contributed by atoms with Gasteiger partial charge in [-0.2, -0.15) is 15.1 Å². The van der Waals surface area contributed by atoms with Crippen LogP contribution in [0.1, 0.15) is 35.7 Å². The molecule has 0 aliphatic heterocycles. The molecule has 186 valence electrons. The summed E-state index contributed by atoms with van der Waals surface area (Å²) in [6.45, 7) is 3.39. The van der Waals surface area contributed by atoms with Crippen molar-refractivity contribution in [2.75, 3.05) is 0 Å². The van der Waals surface area contributed by atoms with Crippen molar-refractivity contribution in [3.05, 3.63) is 74.3 Å². The fraction of sp³-hybridized carbons (Fsp3) is 0.348. The van der Waals surface area contributed by atoms with E-state index in [0.717, 1.165) is 4.57 Å². The minimum atomic E-state index is -4.08. The highest BCUT2D eigenvalue weighted by atomic mass is 32.2. The fourth-order valence-corrected chi connectivity index (χ4v) is 5.54. The number of nitriles is 1. The molecular formula is C23H23N7O5S. The lowest BCUT2D eigenvalue weighted by Gasteiger charge is -2.15. The van der Waals surface area contributed by atoms with E-state index >= 15 is 0 Å². The zero-order chi connectivity index (χ0) is 25.8. The molecule has 1 aromatic carbocycles. The number of rotatable bonds is 7. The highest BCUT2D eigenvalue weighted by molar-refractivity contribution is 7.89. The molecule has 13 heteroatoms. The quantitative estimate of drug-likeness (QED) is 0.385. The van der Waals surface area contributed by atoms with E-state index in [0.29, 0.717) is 35.7 Å². The number of fused-ring (bicyclic) bond motifs is 1. The number of hydrogen-bond acceptors (Lipinski definition) is 8. The van der Waals surface area contributed by atoms with Gasteiger partial charge < -0.3 is 4.42 Å². The normalized spacial score (nSPS) is 14.7. The fourth-order valence-electron chi connectivity index (χ4n) is 4.14. The molecule has 0 unspecified atom stereocenters. The molecule has 1 saturated carbocycles. The number of nitrogens with one attached hydrogen (secondary N) is 1. The maximum absolute atomic E-state index is 13.5. The summed E-state index contributed by atoms with van der Waals surface area (Å²) < 4.78 is 38.0. The Hall–Kier alpha value is -4.02. The minimum absolute atomic E-state index is 0.00276. The van der Waals surface area contributed by atoms with Gasteiger partial charge in [0.1, 0.15) is 11.3 Å². The van der Waals surface area contributed by atoms with Crippen LogP contribution in [0.3, 0.4) is 0 Å². The number of aryl methyl sites for hydroxylation is 3. The predicted octanol–water partition coefficient (Wildman–Crippen LogP) is 0.933. The molecule has 1 fully saturated rings. The summed E-state index contributed by atoms with van der Waals surface area (Å²) >= 11 is 0. The molecular weight excluding hydrogens is 486 g/mol. The largest absolute Gasteiger partial charge is 0.444 e. The molecule has 0 atom stereocenters. The van der Waals surface area contributed by atoms with Crippen molar-refractivity contribution < 1.29 is 12.8 Å². The van der Waals surface area contributed by atoms with Crippen molar-refractivity contribution in [1.82, 2.24) is 28.6 Å². The molecule has 5 rings (SSSR count). The molecule has 36 heavy (non-hydrogen) atoms. The van der Waals surface area contributed by atoms with Crippen LogP contribution in [-0.4, -0.2) is 37.9 Å². The first-order chi connectivity index (χ1) is 17.0. The van der Waals surface area contributed by atoms with E-state index in [-0.39, 0.29) is 28.9 Å². The van der Waals surface area contributed by atoms with E-state index in [1.165, 1.54) is 22.8 Å². The number of oxazole rings is 1. The van der Waals surface area contributed by atoms with E-state index in [2.05, 4.69) is 14.8 Å². The first-order valence-corrected chi connectivity index (χ1v) is 12.6. The second kappa shape index (κ2) is 8.28. The molecule has 1 N–H and O–H groups in total. The SMILES string of the molecule is Cc1nc(C)c(Cn2c(=O)n(Cc3cnn(C)c3)c(=O)c3cc(S(=O)(=O)NC4(C#N)CC4)ccc32)o1. The summed E-state index contributed by atoms with van der Waals surface area (Å²) in [5.74, 6) is 0.889. The van der Waals surface area contributed by atoms with Gasteiger partial charge in [0.15, 0.2) is 5.89 Å². The Morgan fingerprint density at radius 1 is 1.19 bits per heavy atom. The molecule has 0 bridgehead atoms. The topological polar surface area (TPSA) is 158 Å². The summed E-state index contributed by atoms with van der Waals surface area (Å²) in [4.78, 5) is 31.1. The van der Waals surface area contributed by atoms with Gasteiger partial charge in [0.05, 0.1) is 46.8 Å². The third kappa shape index (κ3) is 4.14. The molecule has 4 aromatic rings. The molecule has 0 spiro atoms. The lowest BCUT2D eigenvalue weighted by atomic mass is 10.2. The van der Waals surface area contributed by atoms with Gasteiger partial charge in [-0.15, -0.1) is 0 Å². The Morgan fingerprint density at radius 3 is 2.53 bits per heavy atom. The van der Waals surface area contributed by atoms with Crippen LogP contribution in [0.5, 0.6) is 0 Å². The lowest BCUT2D eigenvalue weighted by Crippen LogP contribution is -2.41. The zero-order valence-corrected chi connectivity index (χ0v) is 20.7. The third-order valence-electron chi connectivity index (χ3n) is 6.20. The predicted molar refractivity (Wildman–Crippen MR) is 128 cm³/mol. The molecule has 0 amide bonds. The van der Waals surface area contributed by atoms with E-state index in [1.54, 1.807) is 38.0 Å². The Labute approximate surface area is 205 Å². The molecule has 3 heterocycles. The van der Waals surface area contributed by atoms with Crippen LogP contribution in [0.15, 0.2) is 49.5 Å². The highest BCUT2D eigenvalue weighted by Gasteiger charge is 2.46. The number of benzene rings is 1. The summed E-state index contributed by atoms with van der Waals surface area (Å²) in [5, 5.41) is 13.4. The molecule has 1 aliphatic carbocycles. The zero-order valence-electron chi connectivity index (χ0n) is 19.8. The average Bonchev–Trinajstić information content (AvgIpc) is 3.35. The van der Waals surface area contributed by atoms with Crippen LogP contribution in [0.4, 0.5) is 0 Å². The van der Waals surface area contributed by atoms with Gasteiger partial charge in [-0.3, -0.25) is 18.6 Å². The van der Waals surface area contributed by atoms with Gasteiger partial charge >= 0.3 is 5.69 Å². The highest BCUT2D eigenvalue weighted by Crippen LogP contribution is 2.36. The van der Waals surface area contributed by atoms with E-state index in [4.69, 9.17) is 4.42 Å². The van der Waals surface area contributed by atoms with Crippen molar-refractivity contribution in [3.63, 3.8) is 0 Å². The van der Waals surface area contributed by atoms with Crippen molar-refractivity contribution in [3.8, 4) is 6.07 Å². The second-order valence-corrected chi connectivity index (χ2v) is 10.7. The Kier molecular flexibility index (Phi) is 5.46. The molecule has 3 aromatic heterocycles. The Balaban J connectivity index is 1.70. The third-order valence-corrected chi connectivity index (χ3v) is 7.73. The van der Waals surface area contributed by atoms with Crippen molar-refractivity contribution in [2.45, 2.75) is 50.2 Å². The minimum Gasteiger partial charge on any atom is -0.444 e. The van der Waals surface area contributed by atoms with E-state index in [9.17, 15) is 23.3 Å². The van der Waals surface area contributed by atoms with Gasteiger partial charge in [-0.25, -0.2) is 18.2 Å². The standard InChI is InChI=1S/C23H23N7O5S/c1-14-20(35-15(2)26-14)12-29-19-5-4-17(36(33,34)27-23(13-24)6-7-23)8-18(19)21(31)30(22(29)32)11-16-9-25-28(3)10-16/h4-5,8-10,27H,6-7,11-12H2,1-3H3. The van der Waals surface area contributed by atoms with Gasteiger partial charge in [0.25, 0.3) is 5.56 Å². The summed E-state index contributed by atoms with van der Waals surface area (Å²) in [5.41, 5.74) is -0.855. The smallest absolute Gasteiger partial charge is 0.332 e. The number of nitrogens with zero attached hydrogens (tertiary/aromatic N) is 6. The molecule has 0 radical (unpaired) electrons. The number of sulfonamides is 1. The maximum atomic E-state index is 13.5. The monoisotopic (exact) mass is 509 g/mol. The van der Waals surface area contributed by atoms with Gasteiger partial charge in [-0.1, -0.05) is 0 Å². The second-order valence-electron chi connectivity index (χ2n) is 9.00. The number of hydrogen-bond donors (Lipinski definition) is 1. The summed E-state index contributed by atoms with van der Waals surface area (Å²) in [6.07, 6.45) is 4.08. The van der Waals surface area contributed by atoms with Crippen LogP contribution in [-0.2, 0) is 30.2 Å². The first-order valence-electron chi connectivity index (χ1n) is 11.1. The van der Waals surface area contributed by atoms with Crippen LogP contribution < -0.4 is 16.0 Å². The molecule has 0 saturated heterocycles. The van der Waals surface area contributed by atoms with Crippen molar-refractivity contribution in [2.24, 2.45) is 7.05 Å². The van der Waals surface area contributed by atoms with Crippen molar-refractivity contribution >= 4 is 20.9 Å². The Bertz CT molecular complexity index is 1780. The summed E-state index contributed by atoms with van der Waals surface area (Å²) in [7, 11) is -2.36. The summed E-state index contributed by atoms with van der Waals surface area (Å²) in [6, 6.07) is 5.97. The van der Waals surface area contributed by atoms with Gasteiger partial charge in [0.2, 0.25) is 10.0 Å². The molecule has 12 nitrogen and oxygen atoms in total. The Morgan fingerprint density at radius 2 is 1.94 bits per heavy atom. The van der Waals surface area contributed by atoms with Gasteiger partial charge in [0, 0.05) is 25.7 Å². The maximum Gasteiger partial charge on any atom is 0.332 e. The van der Waals surface area contributed by atoms with Crippen LogP contribution in [0, 0.1) is 25.2 Å². The van der Waals surface area contributed by atoms with E-state index < -0.39 is 26.8 Å².